The molecular weight excluding hydrogens is 580 g/mol. The molecule has 234 valence electrons. The average molecular weight is 619 g/mol. The summed E-state index contributed by atoms with van der Waals surface area (Å²) >= 11 is 6.73. The third kappa shape index (κ3) is 12.4. The molecule has 3 aliphatic rings. The molecule has 11 heteroatoms. The molecule has 43 heavy (non-hydrogen) atoms. The van der Waals surface area contributed by atoms with E-state index < -0.39 is 60.5 Å². The molecule has 2 unspecified atom stereocenters. The van der Waals surface area contributed by atoms with Gasteiger partial charge in [-0.1, -0.05) is 30.1 Å². The Morgan fingerprint density at radius 3 is 1.47 bits per heavy atom. The first-order valence-electron chi connectivity index (χ1n) is 14.4. The molecule has 2 heterocycles. The molecule has 0 saturated heterocycles. The van der Waals surface area contributed by atoms with Gasteiger partial charge in [0.05, 0.1) is 0 Å². The van der Waals surface area contributed by atoms with Crippen LogP contribution in [-0.2, 0) is 47.6 Å². The largest absolute Gasteiger partial charge is 0.463 e. The van der Waals surface area contributed by atoms with E-state index in [1.54, 1.807) is 24.3 Å². The zero-order chi connectivity index (χ0) is 31.4. The van der Waals surface area contributed by atoms with E-state index in [4.69, 9.17) is 40.0 Å². The Kier molecular flexibility index (Phi) is 13.6. The summed E-state index contributed by atoms with van der Waals surface area (Å²) < 4.78 is 32.6. The first-order chi connectivity index (χ1) is 20.5. The van der Waals surface area contributed by atoms with Crippen molar-refractivity contribution in [3.05, 3.63) is 24.3 Å². The molecule has 0 aromatic heterocycles. The second-order valence-corrected chi connectivity index (χ2v) is 11.3. The second-order valence-electron chi connectivity index (χ2n) is 10.7. The van der Waals surface area contributed by atoms with Gasteiger partial charge in [-0.3, -0.25) is 19.2 Å². The van der Waals surface area contributed by atoms with Crippen molar-refractivity contribution in [2.45, 2.75) is 102 Å². The molecular formula is C32H39ClO10. The molecule has 8 atom stereocenters. The lowest BCUT2D eigenvalue weighted by Gasteiger charge is -2.29. The fourth-order valence-corrected chi connectivity index (χ4v) is 5.39. The van der Waals surface area contributed by atoms with Gasteiger partial charge in [-0.2, -0.15) is 0 Å². The minimum absolute atomic E-state index is 0.0489. The van der Waals surface area contributed by atoms with Crippen molar-refractivity contribution < 1.29 is 47.6 Å². The van der Waals surface area contributed by atoms with Crippen LogP contribution in [0.5, 0.6) is 0 Å². The zero-order valence-electron chi connectivity index (χ0n) is 24.9. The minimum Gasteiger partial charge on any atom is -0.463 e. The van der Waals surface area contributed by atoms with Crippen LogP contribution >= 0.6 is 11.6 Å². The standard InChI is InChI=1S/C32H39ClO10/c1-20(34)38-18-31-29(40-22(3)36)14-12-27(42-31)10-8-24-6-5-7-25(17-26(33)16-24)9-11-28-13-15-30(41-23(4)37)32(43-28)19-39-21(2)35/h12-15,24-32H,5-7,16-19H2,1-4H3/t24?,25?,26?,27-,28-,29+,30+,31-,32-/m1/s1. The van der Waals surface area contributed by atoms with E-state index in [1.165, 1.54) is 27.7 Å². The number of carbonyl (C=O) groups is 4. The van der Waals surface area contributed by atoms with Crippen LogP contribution in [0.4, 0.5) is 0 Å². The Morgan fingerprint density at radius 2 is 1.09 bits per heavy atom. The Hall–Kier alpha value is -3.31. The minimum atomic E-state index is -0.661. The van der Waals surface area contributed by atoms with Crippen LogP contribution in [-0.4, -0.2) is 79.1 Å². The molecule has 2 aliphatic heterocycles. The number of halogens is 1. The molecule has 10 nitrogen and oxygen atoms in total. The van der Waals surface area contributed by atoms with Crippen LogP contribution in [0, 0.1) is 35.5 Å². The molecule has 0 amide bonds. The first kappa shape index (κ1) is 34.2. The van der Waals surface area contributed by atoms with Crippen molar-refractivity contribution >= 4 is 35.5 Å². The van der Waals surface area contributed by atoms with Crippen LogP contribution in [0.1, 0.15) is 59.8 Å². The van der Waals surface area contributed by atoms with Crippen molar-refractivity contribution in [3.8, 4) is 23.7 Å². The lowest BCUT2D eigenvalue weighted by atomic mass is 9.85. The zero-order valence-corrected chi connectivity index (χ0v) is 25.7. The maximum absolute atomic E-state index is 11.4. The number of hydrogen-bond donors (Lipinski definition) is 0. The van der Waals surface area contributed by atoms with Crippen molar-refractivity contribution in [2.75, 3.05) is 13.2 Å². The van der Waals surface area contributed by atoms with Crippen LogP contribution < -0.4 is 0 Å². The van der Waals surface area contributed by atoms with E-state index in [-0.39, 0.29) is 30.4 Å². The second kappa shape index (κ2) is 17.1. The maximum atomic E-state index is 11.4. The molecule has 0 spiro atoms. The van der Waals surface area contributed by atoms with E-state index >= 15 is 0 Å². The molecule has 1 fully saturated rings. The predicted octanol–water partition coefficient (Wildman–Crippen LogP) is 3.43. The highest BCUT2D eigenvalue weighted by Crippen LogP contribution is 2.29. The number of alkyl halides is 1. The number of esters is 4. The van der Waals surface area contributed by atoms with Crippen molar-refractivity contribution in [3.63, 3.8) is 0 Å². The Morgan fingerprint density at radius 1 is 0.674 bits per heavy atom. The van der Waals surface area contributed by atoms with Crippen LogP contribution in [0.3, 0.4) is 0 Å². The van der Waals surface area contributed by atoms with Gasteiger partial charge in [-0.05, 0) is 50.0 Å². The van der Waals surface area contributed by atoms with Gasteiger partial charge in [-0.25, -0.2) is 0 Å². The van der Waals surface area contributed by atoms with Crippen LogP contribution in [0.15, 0.2) is 24.3 Å². The van der Waals surface area contributed by atoms with Gasteiger partial charge in [0.1, 0.15) is 49.8 Å². The predicted molar refractivity (Wildman–Crippen MR) is 155 cm³/mol. The van der Waals surface area contributed by atoms with E-state index in [0.717, 1.165) is 19.3 Å². The quantitative estimate of drug-likeness (QED) is 0.144. The molecule has 0 radical (unpaired) electrons. The summed E-state index contributed by atoms with van der Waals surface area (Å²) in [5.74, 6) is 11.3. The normalized spacial score (nSPS) is 31.9. The van der Waals surface area contributed by atoms with Gasteiger partial charge in [0.25, 0.3) is 0 Å². The van der Waals surface area contributed by atoms with Gasteiger partial charge in [0, 0.05) is 44.9 Å². The Labute approximate surface area is 257 Å². The van der Waals surface area contributed by atoms with E-state index in [0.29, 0.717) is 12.8 Å². The smallest absolute Gasteiger partial charge is 0.303 e. The summed E-state index contributed by atoms with van der Waals surface area (Å²) in [6, 6.07) is 0. The highest BCUT2D eigenvalue weighted by molar-refractivity contribution is 6.20. The van der Waals surface area contributed by atoms with Crippen molar-refractivity contribution in [2.24, 2.45) is 11.8 Å². The first-order valence-corrected chi connectivity index (χ1v) is 14.9. The highest BCUT2D eigenvalue weighted by atomic mass is 35.5. The summed E-state index contributed by atoms with van der Waals surface area (Å²) in [5, 5.41) is -0.125. The molecule has 1 saturated carbocycles. The number of rotatable bonds is 6. The lowest BCUT2D eigenvalue weighted by molar-refractivity contribution is -0.162. The third-order valence-corrected chi connectivity index (χ3v) is 7.23. The molecule has 0 N–H and O–H groups in total. The van der Waals surface area contributed by atoms with E-state index in [1.807, 2.05) is 0 Å². The molecule has 0 aromatic carbocycles. The Bertz CT molecular complexity index is 1100. The van der Waals surface area contributed by atoms with Crippen LogP contribution in [0.25, 0.3) is 0 Å². The average Bonchev–Trinajstić information content (AvgIpc) is 2.92. The number of ether oxygens (including phenoxy) is 6. The Balaban J connectivity index is 1.56. The van der Waals surface area contributed by atoms with Crippen molar-refractivity contribution in [1.82, 2.24) is 0 Å². The lowest BCUT2D eigenvalue weighted by Crippen LogP contribution is -2.41. The summed E-state index contributed by atoms with van der Waals surface area (Å²) in [5.41, 5.74) is 0. The molecule has 3 rings (SSSR count). The molecule has 0 bridgehead atoms. The highest BCUT2D eigenvalue weighted by Gasteiger charge is 2.31. The van der Waals surface area contributed by atoms with Gasteiger partial charge in [-0.15, -0.1) is 11.6 Å². The summed E-state index contributed by atoms with van der Waals surface area (Å²) in [7, 11) is 0. The number of carbonyl (C=O) groups excluding carboxylic acids is 4. The van der Waals surface area contributed by atoms with Crippen molar-refractivity contribution in [1.29, 1.82) is 0 Å². The fraction of sp³-hybridized carbons (Fsp3) is 0.625. The monoisotopic (exact) mass is 618 g/mol. The van der Waals surface area contributed by atoms with E-state index in [2.05, 4.69) is 23.7 Å². The summed E-state index contributed by atoms with van der Waals surface area (Å²) in [6.07, 6.45) is 7.24. The SMILES string of the molecule is CC(=O)OC[C@H]1O[C@H](C#CC2CCCC(C#C[C@@H]3C=C[C@H](OC(C)=O)[C@@H](COC(C)=O)O3)CC(Cl)C2)C=C[C@@H]1OC(C)=O. The number of hydrogen-bond acceptors (Lipinski definition) is 10. The van der Waals surface area contributed by atoms with Gasteiger partial charge in [0.2, 0.25) is 0 Å². The van der Waals surface area contributed by atoms with Gasteiger partial charge >= 0.3 is 23.9 Å². The van der Waals surface area contributed by atoms with Gasteiger partial charge < -0.3 is 28.4 Å². The van der Waals surface area contributed by atoms with Gasteiger partial charge in [0.15, 0.2) is 0 Å². The topological polar surface area (TPSA) is 124 Å². The van der Waals surface area contributed by atoms with Crippen LogP contribution in [0.2, 0.25) is 0 Å². The third-order valence-electron chi connectivity index (χ3n) is 6.88. The summed E-state index contributed by atoms with van der Waals surface area (Å²) in [6.45, 7) is 5.12. The van der Waals surface area contributed by atoms with E-state index in [9.17, 15) is 19.2 Å². The maximum Gasteiger partial charge on any atom is 0.303 e. The molecule has 0 aromatic rings. The molecule has 1 aliphatic carbocycles. The fourth-order valence-electron chi connectivity index (χ4n) is 4.96. The summed E-state index contributed by atoms with van der Waals surface area (Å²) in [4.78, 5) is 45.4.